The van der Waals surface area contributed by atoms with Gasteiger partial charge in [0.1, 0.15) is 0 Å². The van der Waals surface area contributed by atoms with Crippen molar-refractivity contribution in [2.75, 3.05) is 11.9 Å². The number of hydrogen-bond donors (Lipinski definition) is 2. The van der Waals surface area contributed by atoms with Gasteiger partial charge in [0.2, 0.25) is 5.91 Å². The highest BCUT2D eigenvalue weighted by Crippen LogP contribution is 2.20. The zero-order chi connectivity index (χ0) is 23.2. The molecule has 3 aromatic rings. The van der Waals surface area contributed by atoms with Crippen LogP contribution >= 0.6 is 0 Å². The van der Waals surface area contributed by atoms with E-state index in [0.29, 0.717) is 11.3 Å². The molecule has 0 unspecified atom stereocenters. The molecule has 1 aliphatic rings. The minimum Gasteiger partial charge on any atom is -0.326 e. The Bertz CT molecular complexity index is 1170. The van der Waals surface area contributed by atoms with Crippen molar-refractivity contribution in [3.63, 3.8) is 0 Å². The monoisotopic (exact) mass is 440 g/mol. The molecule has 168 valence electrons. The molecule has 6 heteroatoms. The molecular formula is C27H28N4O2. The molecule has 0 aromatic heterocycles. The molecule has 4 rings (SSSR count). The van der Waals surface area contributed by atoms with Crippen LogP contribution in [-0.4, -0.2) is 29.0 Å². The van der Waals surface area contributed by atoms with E-state index in [4.69, 9.17) is 0 Å². The largest absolute Gasteiger partial charge is 0.326 e. The SMILES string of the molecule is CC(=O)Nc1ccc(/C(C)=N/NC(=O)c2ccc(CN3CCc4ccccc4C3)cc2)cc1. The molecule has 0 saturated carbocycles. The molecule has 0 fully saturated rings. The van der Waals surface area contributed by atoms with E-state index in [1.807, 2.05) is 43.3 Å². The normalized spacial score (nSPS) is 13.8. The molecule has 0 aliphatic carbocycles. The summed E-state index contributed by atoms with van der Waals surface area (Å²) in [6.45, 7) is 6.15. The van der Waals surface area contributed by atoms with Gasteiger partial charge < -0.3 is 5.32 Å². The van der Waals surface area contributed by atoms with E-state index in [1.54, 1.807) is 12.1 Å². The molecule has 3 aromatic carbocycles. The maximum atomic E-state index is 12.5. The Morgan fingerprint density at radius 1 is 0.879 bits per heavy atom. The van der Waals surface area contributed by atoms with E-state index in [9.17, 15) is 9.59 Å². The van der Waals surface area contributed by atoms with Gasteiger partial charge in [0.25, 0.3) is 5.91 Å². The van der Waals surface area contributed by atoms with Gasteiger partial charge in [0, 0.05) is 37.8 Å². The van der Waals surface area contributed by atoms with Crippen molar-refractivity contribution in [1.29, 1.82) is 0 Å². The lowest BCUT2D eigenvalue weighted by Gasteiger charge is -2.28. The van der Waals surface area contributed by atoms with Gasteiger partial charge in [-0.1, -0.05) is 48.5 Å². The summed E-state index contributed by atoms with van der Waals surface area (Å²) in [7, 11) is 0. The van der Waals surface area contributed by atoms with Crippen LogP contribution in [0.1, 0.15) is 46.5 Å². The Balaban J connectivity index is 1.32. The van der Waals surface area contributed by atoms with Crippen LogP contribution in [-0.2, 0) is 24.3 Å². The van der Waals surface area contributed by atoms with Crippen molar-refractivity contribution >= 4 is 23.2 Å². The van der Waals surface area contributed by atoms with Gasteiger partial charge in [0.15, 0.2) is 0 Å². The molecule has 6 nitrogen and oxygen atoms in total. The summed E-state index contributed by atoms with van der Waals surface area (Å²) in [5.74, 6) is -0.365. The second-order valence-electron chi connectivity index (χ2n) is 8.32. The number of carbonyl (C=O) groups excluding carboxylic acids is 2. The number of hydrogen-bond acceptors (Lipinski definition) is 4. The third-order valence-electron chi connectivity index (χ3n) is 5.78. The van der Waals surface area contributed by atoms with Gasteiger partial charge in [-0.2, -0.15) is 5.10 Å². The van der Waals surface area contributed by atoms with Crippen molar-refractivity contribution in [3.05, 3.63) is 101 Å². The molecule has 33 heavy (non-hydrogen) atoms. The summed E-state index contributed by atoms with van der Waals surface area (Å²) in [5, 5.41) is 6.95. The Labute approximate surface area is 194 Å². The maximum absolute atomic E-state index is 12.5. The standard InChI is InChI=1S/C27H28N4O2/c1-19(22-11-13-26(14-12-22)28-20(2)32)29-30-27(33)24-9-7-21(8-10-24)17-31-16-15-23-5-3-4-6-25(23)18-31/h3-14H,15-18H2,1-2H3,(H,28,32)(H,30,33)/b29-19+. The number of rotatable bonds is 6. The fourth-order valence-corrected chi connectivity index (χ4v) is 3.97. The highest BCUT2D eigenvalue weighted by Gasteiger charge is 2.16. The van der Waals surface area contributed by atoms with Crippen LogP contribution in [0.25, 0.3) is 0 Å². The fraction of sp³-hybridized carbons (Fsp3) is 0.222. The third-order valence-corrected chi connectivity index (χ3v) is 5.78. The first-order chi connectivity index (χ1) is 16.0. The van der Waals surface area contributed by atoms with Crippen LogP contribution in [0.4, 0.5) is 5.69 Å². The summed E-state index contributed by atoms with van der Waals surface area (Å²) in [6, 6.07) is 23.6. The van der Waals surface area contributed by atoms with Crippen molar-refractivity contribution in [2.45, 2.75) is 33.4 Å². The minimum absolute atomic E-state index is 0.118. The zero-order valence-corrected chi connectivity index (χ0v) is 19.0. The number of amides is 2. The van der Waals surface area contributed by atoms with Gasteiger partial charge in [-0.15, -0.1) is 0 Å². The molecular weight excluding hydrogens is 412 g/mol. The predicted octanol–water partition coefficient (Wildman–Crippen LogP) is 4.36. The second kappa shape index (κ2) is 10.2. The summed E-state index contributed by atoms with van der Waals surface area (Å²) in [5.41, 5.74) is 9.49. The topological polar surface area (TPSA) is 73.8 Å². The van der Waals surface area contributed by atoms with Crippen LogP contribution in [0.5, 0.6) is 0 Å². The summed E-state index contributed by atoms with van der Waals surface area (Å²) >= 11 is 0. The van der Waals surface area contributed by atoms with Gasteiger partial charge >= 0.3 is 0 Å². The molecule has 1 aliphatic heterocycles. The lowest BCUT2D eigenvalue weighted by atomic mass is 9.99. The number of carbonyl (C=O) groups is 2. The summed E-state index contributed by atoms with van der Waals surface area (Å²) in [4.78, 5) is 26.1. The van der Waals surface area contributed by atoms with Gasteiger partial charge in [-0.3, -0.25) is 14.5 Å². The molecule has 0 spiro atoms. The Morgan fingerprint density at radius 3 is 2.24 bits per heavy atom. The van der Waals surface area contributed by atoms with Crippen molar-refractivity contribution in [3.8, 4) is 0 Å². The molecule has 0 bridgehead atoms. The van der Waals surface area contributed by atoms with Gasteiger partial charge in [0.05, 0.1) is 5.71 Å². The average molecular weight is 441 g/mol. The molecule has 1 heterocycles. The first-order valence-corrected chi connectivity index (χ1v) is 11.1. The quantitative estimate of drug-likeness (QED) is 0.442. The third kappa shape index (κ3) is 5.93. The van der Waals surface area contributed by atoms with Crippen LogP contribution in [0.3, 0.4) is 0 Å². The van der Waals surface area contributed by atoms with E-state index in [-0.39, 0.29) is 11.8 Å². The Morgan fingerprint density at radius 2 is 1.55 bits per heavy atom. The number of nitrogens with zero attached hydrogens (tertiary/aromatic N) is 2. The van der Waals surface area contributed by atoms with Crippen LogP contribution in [0, 0.1) is 0 Å². The second-order valence-corrected chi connectivity index (χ2v) is 8.32. The summed E-state index contributed by atoms with van der Waals surface area (Å²) in [6.07, 6.45) is 1.07. The number of hydrazone groups is 1. The molecule has 0 saturated heterocycles. The molecule has 2 amide bonds. The number of anilines is 1. The van der Waals surface area contributed by atoms with Crippen LogP contribution < -0.4 is 10.7 Å². The van der Waals surface area contributed by atoms with E-state index in [2.05, 4.69) is 45.0 Å². The van der Waals surface area contributed by atoms with Gasteiger partial charge in [-0.05, 0) is 59.9 Å². The minimum atomic E-state index is -0.248. The number of benzene rings is 3. The van der Waals surface area contributed by atoms with E-state index < -0.39 is 0 Å². The fourth-order valence-electron chi connectivity index (χ4n) is 3.97. The molecule has 2 N–H and O–H groups in total. The predicted molar refractivity (Wildman–Crippen MR) is 131 cm³/mol. The number of nitrogens with one attached hydrogen (secondary N) is 2. The first kappa shape index (κ1) is 22.4. The summed E-state index contributed by atoms with van der Waals surface area (Å²) < 4.78 is 0. The number of fused-ring (bicyclic) bond motifs is 1. The first-order valence-electron chi connectivity index (χ1n) is 11.1. The maximum Gasteiger partial charge on any atom is 0.271 e. The molecule has 0 radical (unpaired) electrons. The van der Waals surface area contributed by atoms with Crippen molar-refractivity contribution in [2.24, 2.45) is 5.10 Å². The van der Waals surface area contributed by atoms with Crippen LogP contribution in [0.2, 0.25) is 0 Å². The lowest BCUT2D eigenvalue weighted by Crippen LogP contribution is -2.30. The van der Waals surface area contributed by atoms with Crippen molar-refractivity contribution in [1.82, 2.24) is 10.3 Å². The highest BCUT2D eigenvalue weighted by atomic mass is 16.2. The van der Waals surface area contributed by atoms with E-state index in [0.717, 1.165) is 37.3 Å². The van der Waals surface area contributed by atoms with E-state index >= 15 is 0 Å². The Hall–Kier alpha value is -3.77. The average Bonchev–Trinajstić information content (AvgIpc) is 2.83. The van der Waals surface area contributed by atoms with Crippen molar-refractivity contribution < 1.29 is 9.59 Å². The Kier molecular flexibility index (Phi) is 6.95. The van der Waals surface area contributed by atoms with Crippen LogP contribution in [0.15, 0.2) is 77.9 Å². The smallest absolute Gasteiger partial charge is 0.271 e. The van der Waals surface area contributed by atoms with E-state index in [1.165, 1.54) is 23.6 Å². The van der Waals surface area contributed by atoms with Gasteiger partial charge in [-0.25, -0.2) is 5.43 Å². The lowest BCUT2D eigenvalue weighted by molar-refractivity contribution is -0.114. The molecule has 0 atom stereocenters. The highest BCUT2D eigenvalue weighted by molar-refractivity contribution is 6.01. The zero-order valence-electron chi connectivity index (χ0n) is 19.0.